The smallest absolute Gasteiger partial charge is 0.0731 e. The van der Waals surface area contributed by atoms with Crippen LogP contribution in [0.5, 0.6) is 0 Å². The number of hydrogen-bond donors (Lipinski definition) is 0. The molecular formula is C16H17N. The lowest BCUT2D eigenvalue weighted by molar-refractivity contribution is 1.26. The molecule has 1 nitrogen and oxygen atoms in total. The second-order valence-corrected chi connectivity index (χ2v) is 4.48. The number of pyridine rings is 1. The van der Waals surface area contributed by atoms with Crippen molar-refractivity contribution in [3.05, 3.63) is 59.8 Å². The van der Waals surface area contributed by atoms with Crippen LogP contribution in [-0.4, -0.2) is 4.98 Å². The van der Waals surface area contributed by atoms with Gasteiger partial charge in [-0.2, -0.15) is 0 Å². The fourth-order valence-electron chi connectivity index (χ4n) is 2.08. The number of rotatable bonds is 2. The first-order chi connectivity index (χ1) is 8.09. The van der Waals surface area contributed by atoms with Crippen molar-refractivity contribution in [3.8, 4) is 11.3 Å². The second kappa shape index (κ2) is 4.54. The minimum absolute atomic E-state index is 1.06. The molecule has 0 bridgehead atoms. The van der Waals surface area contributed by atoms with Crippen LogP contribution in [0.25, 0.3) is 16.8 Å². The van der Waals surface area contributed by atoms with Crippen molar-refractivity contribution >= 4 is 5.57 Å². The Bertz CT molecular complexity index is 567. The monoisotopic (exact) mass is 223 g/mol. The van der Waals surface area contributed by atoms with Gasteiger partial charge in [0.1, 0.15) is 0 Å². The number of hydrogen-bond acceptors (Lipinski definition) is 1. The zero-order valence-corrected chi connectivity index (χ0v) is 10.6. The van der Waals surface area contributed by atoms with Crippen molar-refractivity contribution in [2.45, 2.75) is 20.8 Å². The highest BCUT2D eigenvalue weighted by Gasteiger charge is 2.05. The van der Waals surface area contributed by atoms with Crippen LogP contribution in [0.4, 0.5) is 0 Å². The van der Waals surface area contributed by atoms with E-state index in [-0.39, 0.29) is 0 Å². The molecule has 0 aliphatic carbocycles. The number of aromatic nitrogens is 1. The molecule has 2 rings (SSSR count). The van der Waals surface area contributed by atoms with Gasteiger partial charge >= 0.3 is 0 Å². The van der Waals surface area contributed by atoms with Gasteiger partial charge < -0.3 is 0 Å². The topological polar surface area (TPSA) is 12.9 Å². The first-order valence-corrected chi connectivity index (χ1v) is 5.78. The molecule has 0 atom stereocenters. The fourth-order valence-corrected chi connectivity index (χ4v) is 2.08. The zero-order chi connectivity index (χ0) is 12.4. The van der Waals surface area contributed by atoms with Crippen molar-refractivity contribution in [2.24, 2.45) is 0 Å². The summed E-state index contributed by atoms with van der Waals surface area (Å²) >= 11 is 0. The van der Waals surface area contributed by atoms with E-state index in [1.165, 1.54) is 22.3 Å². The normalized spacial score (nSPS) is 10.3. The van der Waals surface area contributed by atoms with E-state index in [1.807, 2.05) is 19.2 Å². The van der Waals surface area contributed by atoms with Crippen LogP contribution in [-0.2, 0) is 0 Å². The number of aryl methyl sites for hydroxylation is 2. The van der Waals surface area contributed by atoms with Gasteiger partial charge in [0.2, 0.25) is 0 Å². The van der Waals surface area contributed by atoms with Crippen molar-refractivity contribution < 1.29 is 0 Å². The van der Waals surface area contributed by atoms with E-state index in [0.29, 0.717) is 0 Å². The molecule has 1 heteroatoms. The lowest BCUT2D eigenvalue weighted by Gasteiger charge is -2.09. The number of allylic oxidation sites excluding steroid dienone is 1. The van der Waals surface area contributed by atoms with E-state index in [9.17, 15) is 0 Å². The Hall–Kier alpha value is -1.89. The molecule has 86 valence electrons. The maximum atomic E-state index is 4.44. The fraction of sp³-hybridized carbons (Fsp3) is 0.188. The Balaban J connectivity index is 2.52. The van der Waals surface area contributed by atoms with Crippen LogP contribution in [0.1, 0.15) is 23.6 Å². The van der Waals surface area contributed by atoms with Gasteiger partial charge in [-0.1, -0.05) is 30.4 Å². The van der Waals surface area contributed by atoms with Gasteiger partial charge in [0.25, 0.3) is 0 Å². The van der Waals surface area contributed by atoms with Gasteiger partial charge in [-0.15, -0.1) is 0 Å². The Kier molecular flexibility index (Phi) is 3.10. The molecule has 1 aromatic carbocycles. The van der Waals surface area contributed by atoms with Crippen LogP contribution in [0, 0.1) is 13.8 Å². The minimum atomic E-state index is 1.06. The third-order valence-corrected chi connectivity index (χ3v) is 2.97. The largest absolute Gasteiger partial charge is 0.256 e. The molecule has 0 amide bonds. The number of nitrogens with zero attached hydrogens (tertiary/aromatic N) is 1. The van der Waals surface area contributed by atoms with Gasteiger partial charge in [-0.3, -0.25) is 4.98 Å². The summed E-state index contributed by atoms with van der Waals surface area (Å²) in [4.78, 5) is 4.44. The van der Waals surface area contributed by atoms with E-state index in [2.05, 4.69) is 49.7 Å². The molecule has 0 radical (unpaired) electrons. The van der Waals surface area contributed by atoms with Crippen molar-refractivity contribution in [3.63, 3.8) is 0 Å². The summed E-state index contributed by atoms with van der Waals surface area (Å²) in [5.74, 6) is 0. The standard InChI is InChI=1S/C16H17N/c1-11(2)15-8-7-14(10-13(15)4)16-12(3)6-5-9-17-16/h5-10H,1H2,2-4H3. The quantitative estimate of drug-likeness (QED) is 0.735. The summed E-state index contributed by atoms with van der Waals surface area (Å²) in [6.07, 6.45) is 1.84. The molecule has 17 heavy (non-hydrogen) atoms. The molecule has 0 unspecified atom stereocenters. The molecule has 2 aromatic rings. The molecule has 1 heterocycles. The second-order valence-electron chi connectivity index (χ2n) is 4.48. The maximum absolute atomic E-state index is 4.44. The third kappa shape index (κ3) is 2.28. The average molecular weight is 223 g/mol. The molecule has 0 N–H and O–H groups in total. The van der Waals surface area contributed by atoms with Gasteiger partial charge in [0.05, 0.1) is 5.69 Å². The molecule has 0 saturated carbocycles. The third-order valence-electron chi connectivity index (χ3n) is 2.97. The predicted octanol–water partition coefficient (Wildman–Crippen LogP) is 4.40. The maximum Gasteiger partial charge on any atom is 0.0731 e. The summed E-state index contributed by atoms with van der Waals surface area (Å²) in [7, 11) is 0. The van der Waals surface area contributed by atoms with Crippen molar-refractivity contribution in [2.75, 3.05) is 0 Å². The molecule has 0 fully saturated rings. The number of benzene rings is 1. The van der Waals surface area contributed by atoms with E-state index in [0.717, 1.165) is 11.3 Å². The van der Waals surface area contributed by atoms with Gasteiger partial charge in [0.15, 0.2) is 0 Å². The van der Waals surface area contributed by atoms with Gasteiger partial charge in [-0.25, -0.2) is 0 Å². The average Bonchev–Trinajstić information content (AvgIpc) is 2.29. The van der Waals surface area contributed by atoms with Crippen molar-refractivity contribution in [1.29, 1.82) is 0 Å². The molecule has 0 aliphatic rings. The van der Waals surface area contributed by atoms with Crippen LogP contribution >= 0.6 is 0 Å². The summed E-state index contributed by atoms with van der Waals surface area (Å²) in [5, 5.41) is 0. The molecule has 0 saturated heterocycles. The summed E-state index contributed by atoms with van der Waals surface area (Å²) in [6, 6.07) is 10.5. The predicted molar refractivity (Wildman–Crippen MR) is 73.9 cm³/mol. The highest BCUT2D eigenvalue weighted by Crippen LogP contribution is 2.25. The van der Waals surface area contributed by atoms with Gasteiger partial charge in [-0.05, 0) is 49.6 Å². The van der Waals surface area contributed by atoms with E-state index in [4.69, 9.17) is 0 Å². The SMILES string of the molecule is C=C(C)c1ccc(-c2ncccc2C)cc1C. The molecular weight excluding hydrogens is 206 g/mol. The van der Waals surface area contributed by atoms with Crippen LogP contribution < -0.4 is 0 Å². The first kappa shape index (κ1) is 11.6. The van der Waals surface area contributed by atoms with Crippen LogP contribution in [0.2, 0.25) is 0 Å². The zero-order valence-electron chi connectivity index (χ0n) is 10.6. The molecule has 0 spiro atoms. The van der Waals surface area contributed by atoms with Gasteiger partial charge in [0, 0.05) is 11.8 Å². The lowest BCUT2D eigenvalue weighted by Crippen LogP contribution is -1.90. The summed E-state index contributed by atoms with van der Waals surface area (Å²) in [6.45, 7) is 10.2. The summed E-state index contributed by atoms with van der Waals surface area (Å²) < 4.78 is 0. The molecule has 1 aromatic heterocycles. The Morgan fingerprint density at radius 2 is 1.88 bits per heavy atom. The minimum Gasteiger partial charge on any atom is -0.256 e. The van der Waals surface area contributed by atoms with E-state index in [1.54, 1.807) is 0 Å². The van der Waals surface area contributed by atoms with Crippen molar-refractivity contribution in [1.82, 2.24) is 4.98 Å². The lowest BCUT2D eigenvalue weighted by atomic mass is 9.98. The Morgan fingerprint density at radius 1 is 1.12 bits per heavy atom. The van der Waals surface area contributed by atoms with E-state index >= 15 is 0 Å². The Labute approximate surface area is 103 Å². The highest BCUT2D eigenvalue weighted by atomic mass is 14.7. The summed E-state index contributed by atoms with van der Waals surface area (Å²) in [5.41, 5.74) is 7.01. The van der Waals surface area contributed by atoms with Crippen LogP contribution in [0.15, 0.2) is 43.1 Å². The first-order valence-electron chi connectivity index (χ1n) is 5.78. The Morgan fingerprint density at radius 3 is 2.47 bits per heavy atom. The van der Waals surface area contributed by atoms with E-state index < -0.39 is 0 Å². The molecule has 0 aliphatic heterocycles. The highest BCUT2D eigenvalue weighted by molar-refractivity contribution is 5.70. The van der Waals surface area contributed by atoms with Crippen LogP contribution in [0.3, 0.4) is 0 Å².